The Hall–Kier alpha value is -0.910. The summed E-state index contributed by atoms with van der Waals surface area (Å²) >= 11 is 0. The predicted octanol–water partition coefficient (Wildman–Crippen LogP) is 0.777. The van der Waals surface area contributed by atoms with Crippen molar-refractivity contribution in [1.29, 1.82) is 0 Å². The molecule has 4 nitrogen and oxygen atoms in total. The first-order chi connectivity index (χ1) is 6.45. The molecule has 0 aliphatic rings. The van der Waals surface area contributed by atoms with Gasteiger partial charge in [-0.25, -0.2) is 0 Å². The fourth-order valence-electron chi connectivity index (χ4n) is 1.21. The van der Waals surface area contributed by atoms with E-state index in [0.717, 1.165) is 0 Å². The van der Waals surface area contributed by atoms with E-state index in [1.54, 1.807) is 19.1 Å². The zero-order valence-electron chi connectivity index (χ0n) is 7.77. The Balaban J connectivity index is 3.22. The minimum absolute atomic E-state index is 0.0476. The Morgan fingerprint density at radius 3 is 2.50 bits per heavy atom. The average molecular weight is 216 g/mol. The van der Waals surface area contributed by atoms with Gasteiger partial charge < -0.3 is 5.11 Å². The van der Waals surface area contributed by atoms with Gasteiger partial charge >= 0.3 is 0 Å². The summed E-state index contributed by atoms with van der Waals surface area (Å²) < 4.78 is 30.7. The van der Waals surface area contributed by atoms with E-state index >= 15 is 0 Å². The first kappa shape index (κ1) is 11.2. The van der Waals surface area contributed by atoms with E-state index in [0.29, 0.717) is 17.5 Å². The van der Waals surface area contributed by atoms with Crippen molar-refractivity contribution >= 4 is 10.1 Å². The molecule has 0 spiro atoms. The summed E-state index contributed by atoms with van der Waals surface area (Å²) in [6.45, 7) is 1.56. The van der Waals surface area contributed by atoms with Gasteiger partial charge in [-0.05, 0) is 30.5 Å². The highest BCUT2D eigenvalue weighted by Gasteiger charge is 2.13. The molecule has 78 valence electrons. The van der Waals surface area contributed by atoms with Gasteiger partial charge in [-0.2, -0.15) is 8.42 Å². The molecule has 0 fully saturated rings. The van der Waals surface area contributed by atoms with Crippen molar-refractivity contribution < 1.29 is 18.1 Å². The minimum atomic E-state index is -4.16. The van der Waals surface area contributed by atoms with E-state index in [1.165, 1.54) is 6.07 Å². The number of rotatable bonds is 3. The van der Waals surface area contributed by atoms with Crippen LogP contribution in [0.5, 0.6) is 0 Å². The molecule has 0 heterocycles. The quantitative estimate of drug-likeness (QED) is 0.732. The second-order valence-electron chi connectivity index (χ2n) is 3.05. The van der Waals surface area contributed by atoms with Crippen molar-refractivity contribution in [3.63, 3.8) is 0 Å². The van der Waals surface area contributed by atoms with Crippen LogP contribution >= 0.6 is 0 Å². The Kier molecular flexibility index (Phi) is 3.25. The second kappa shape index (κ2) is 4.08. The van der Waals surface area contributed by atoms with Gasteiger partial charge in [0, 0.05) is 6.61 Å². The molecule has 0 unspecified atom stereocenters. The highest BCUT2D eigenvalue weighted by Crippen LogP contribution is 2.16. The number of benzene rings is 1. The second-order valence-corrected chi connectivity index (χ2v) is 4.44. The Labute approximate surface area is 82.9 Å². The van der Waals surface area contributed by atoms with Gasteiger partial charge in [-0.15, -0.1) is 0 Å². The largest absolute Gasteiger partial charge is 0.396 e. The lowest BCUT2D eigenvalue weighted by Crippen LogP contribution is -2.02. The van der Waals surface area contributed by atoms with Crippen LogP contribution in [0.4, 0.5) is 0 Å². The molecule has 0 saturated heterocycles. The topological polar surface area (TPSA) is 74.6 Å². The van der Waals surface area contributed by atoms with E-state index in [2.05, 4.69) is 0 Å². The monoisotopic (exact) mass is 216 g/mol. The fourth-order valence-corrected chi connectivity index (χ4v) is 1.98. The third-order valence-corrected chi connectivity index (χ3v) is 2.93. The van der Waals surface area contributed by atoms with Crippen molar-refractivity contribution in [1.82, 2.24) is 0 Å². The van der Waals surface area contributed by atoms with Gasteiger partial charge in [0.2, 0.25) is 0 Å². The average Bonchev–Trinajstić information content (AvgIpc) is 2.07. The van der Waals surface area contributed by atoms with E-state index < -0.39 is 10.1 Å². The third-order valence-electron chi connectivity index (χ3n) is 1.93. The maximum absolute atomic E-state index is 10.9. The van der Waals surface area contributed by atoms with Crippen LogP contribution in [-0.2, 0) is 16.5 Å². The molecule has 5 heteroatoms. The maximum atomic E-state index is 10.9. The normalized spacial score (nSPS) is 11.6. The van der Waals surface area contributed by atoms with Crippen molar-refractivity contribution in [3.8, 4) is 0 Å². The smallest absolute Gasteiger partial charge is 0.294 e. The van der Waals surface area contributed by atoms with Crippen molar-refractivity contribution in [2.24, 2.45) is 0 Å². The van der Waals surface area contributed by atoms with Crippen LogP contribution in [0.2, 0.25) is 0 Å². The van der Waals surface area contributed by atoms with Crippen molar-refractivity contribution in [2.45, 2.75) is 18.2 Å². The summed E-state index contributed by atoms with van der Waals surface area (Å²) in [5, 5.41) is 8.67. The van der Waals surface area contributed by atoms with Gasteiger partial charge in [-0.3, -0.25) is 4.55 Å². The molecule has 0 bridgehead atoms. The van der Waals surface area contributed by atoms with Crippen LogP contribution in [0.25, 0.3) is 0 Å². The Morgan fingerprint density at radius 2 is 2.00 bits per heavy atom. The van der Waals surface area contributed by atoms with Crippen molar-refractivity contribution in [2.75, 3.05) is 6.61 Å². The zero-order chi connectivity index (χ0) is 10.8. The fraction of sp³-hybridized carbons (Fsp3) is 0.333. The summed E-state index contributed by atoms with van der Waals surface area (Å²) in [6.07, 6.45) is 0.378. The lowest BCUT2D eigenvalue weighted by molar-refractivity contribution is 0.299. The molecule has 0 aromatic heterocycles. The van der Waals surface area contributed by atoms with Crippen LogP contribution in [0.15, 0.2) is 23.1 Å². The van der Waals surface area contributed by atoms with Gasteiger partial charge in [0.15, 0.2) is 0 Å². The van der Waals surface area contributed by atoms with Gasteiger partial charge in [-0.1, -0.05) is 12.1 Å². The molecule has 0 atom stereocenters. The van der Waals surface area contributed by atoms with E-state index in [9.17, 15) is 8.42 Å². The van der Waals surface area contributed by atoms with Crippen LogP contribution in [0.3, 0.4) is 0 Å². The van der Waals surface area contributed by atoms with Gasteiger partial charge in [0.25, 0.3) is 10.1 Å². The van der Waals surface area contributed by atoms with Gasteiger partial charge in [0.1, 0.15) is 0 Å². The van der Waals surface area contributed by atoms with Gasteiger partial charge in [0.05, 0.1) is 4.90 Å². The minimum Gasteiger partial charge on any atom is -0.396 e. The highest BCUT2D eigenvalue weighted by molar-refractivity contribution is 7.85. The highest BCUT2D eigenvalue weighted by atomic mass is 32.2. The standard InChI is InChI=1S/C9H12O4S/c1-7-2-3-8(4-5-10)6-9(7)14(11,12)13/h2-3,6,10H,4-5H2,1H3,(H,11,12,13). The summed E-state index contributed by atoms with van der Waals surface area (Å²) in [4.78, 5) is -0.0940. The summed E-state index contributed by atoms with van der Waals surface area (Å²) in [7, 11) is -4.16. The molecular weight excluding hydrogens is 204 g/mol. The number of aliphatic hydroxyl groups is 1. The molecule has 1 aromatic carbocycles. The molecule has 14 heavy (non-hydrogen) atoms. The van der Waals surface area contributed by atoms with Crippen LogP contribution in [0.1, 0.15) is 11.1 Å². The molecule has 0 radical (unpaired) electrons. The van der Waals surface area contributed by atoms with E-state index in [1.807, 2.05) is 0 Å². The SMILES string of the molecule is Cc1ccc(CCO)cc1S(=O)(=O)O. The summed E-state index contributed by atoms with van der Waals surface area (Å²) in [5.74, 6) is 0. The van der Waals surface area contributed by atoms with Crippen LogP contribution < -0.4 is 0 Å². The Bertz CT molecular complexity index is 422. The first-order valence-corrected chi connectivity index (χ1v) is 5.57. The molecule has 0 amide bonds. The number of hydrogen-bond donors (Lipinski definition) is 2. The number of hydrogen-bond acceptors (Lipinski definition) is 3. The molecule has 0 aliphatic carbocycles. The van der Waals surface area contributed by atoms with Crippen molar-refractivity contribution in [3.05, 3.63) is 29.3 Å². The molecule has 0 saturated carbocycles. The maximum Gasteiger partial charge on any atom is 0.294 e. The molecular formula is C9H12O4S. The zero-order valence-corrected chi connectivity index (χ0v) is 8.58. The Morgan fingerprint density at radius 1 is 1.36 bits per heavy atom. The molecule has 2 N–H and O–H groups in total. The van der Waals surface area contributed by atoms with Crippen LogP contribution in [-0.4, -0.2) is 24.7 Å². The molecule has 0 aliphatic heterocycles. The lowest BCUT2D eigenvalue weighted by atomic mass is 10.1. The first-order valence-electron chi connectivity index (χ1n) is 4.13. The third kappa shape index (κ3) is 2.54. The summed E-state index contributed by atoms with van der Waals surface area (Å²) in [5.41, 5.74) is 1.18. The van der Waals surface area contributed by atoms with Crippen LogP contribution in [0, 0.1) is 6.92 Å². The van der Waals surface area contributed by atoms with E-state index in [4.69, 9.17) is 9.66 Å². The molecule has 1 aromatic rings. The van der Waals surface area contributed by atoms with E-state index in [-0.39, 0.29) is 11.5 Å². The predicted molar refractivity (Wildman–Crippen MR) is 51.8 cm³/mol. The summed E-state index contributed by atoms with van der Waals surface area (Å²) in [6, 6.07) is 4.70. The lowest BCUT2D eigenvalue weighted by Gasteiger charge is -2.04. The number of aliphatic hydroxyl groups excluding tert-OH is 1. The number of aryl methyl sites for hydroxylation is 1. The molecule has 1 rings (SSSR count).